The Labute approximate surface area is 62.5 Å². The van der Waals surface area contributed by atoms with Gasteiger partial charge >= 0.3 is 0 Å². The summed E-state index contributed by atoms with van der Waals surface area (Å²) in [5.74, 6) is 2.39. The van der Waals surface area contributed by atoms with Gasteiger partial charge in [-0.3, -0.25) is 4.21 Å². The normalized spacial score (nSPS) is 13.6. The Balaban J connectivity index is 2.83. The summed E-state index contributed by atoms with van der Waals surface area (Å²) in [5.41, 5.74) is 0. The highest BCUT2D eigenvalue weighted by molar-refractivity contribution is 8.00. The lowest BCUT2D eigenvalue weighted by atomic mass is 10.9. The third kappa shape index (κ3) is 8.46. The van der Waals surface area contributed by atoms with Gasteiger partial charge in [0.25, 0.3) is 0 Å². The van der Waals surface area contributed by atoms with Crippen molar-refractivity contribution in [3.05, 3.63) is 0 Å². The van der Waals surface area contributed by atoms with Gasteiger partial charge in [-0.25, -0.2) is 0 Å². The third-order valence-corrected chi connectivity index (χ3v) is 2.75. The Morgan fingerprint density at radius 2 is 2.22 bits per heavy atom. The van der Waals surface area contributed by atoms with Crippen LogP contribution in [-0.4, -0.2) is 39.4 Å². The first-order valence-corrected chi connectivity index (χ1v) is 5.64. The van der Waals surface area contributed by atoms with E-state index in [-0.39, 0.29) is 6.61 Å². The molecule has 0 heterocycles. The van der Waals surface area contributed by atoms with E-state index in [1.165, 1.54) is 0 Å². The lowest BCUT2D eigenvalue weighted by molar-refractivity contribution is 0.322. The van der Waals surface area contributed by atoms with Gasteiger partial charge in [0.2, 0.25) is 0 Å². The zero-order valence-electron chi connectivity index (χ0n) is 5.50. The molecule has 0 aromatic heterocycles. The summed E-state index contributed by atoms with van der Waals surface area (Å²) in [4.78, 5) is 0. The van der Waals surface area contributed by atoms with Crippen LogP contribution in [0, 0.1) is 0 Å². The van der Waals surface area contributed by atoms with Gasteiger partial charge in [-0.2, -0.15) is 11.8 Å². The van der Waals surface area contributed by atoms with E-state index in [1.807, 2.05) is 0 Å². The Hall–Kier alpha value is 0.460. The number of aliphatic hydroxyl groups is 1. The summed E-state index contributed by atoms with van der Waals surface area (Å²) in [6.07, 6.45) is 1.69. The molecule has 0 aliphatic rings. The van der Waals surface area contributed by atoms with Gasteiger partial charge in [-0.1, -0.05) is 0 Å². The Kier molecular flexibility index (Phi) is 6.91. The van der Waals surface area contributed by atoms with Crippen LogP contribution in [0.25, 0.3) is 0 Å². The zero-order chi connectivity index (χ0) is 7.11. The molecular weight excluding hydrogens is 156 g/mol. The van der Waals surface area contributed by atoms with E-state index < -0.39 is 10.8 Å². The fourth-order valence-electron chi connectivity index (χ4n) is 0.343. The van der Waals surface area contributed by atoms with Crippen LogP contribution >= 0.6 is 11.8 Å². The molecule has 1 N–H and O–H groups in total. The maximum Gasteiger partial charge on any atom is 0.0521 e. The number of hydrogen-bond acceptors (Lipinski definition) is 3. The van der Waals surface area contributed by atoms with Crippen LogP contribution in [0.4, 0.5) is 0 Å². The van der Waals surface area contributed by atoms with Crippen LogP contribution in [0.15, 0.2) is 0 Å². The van der Waals surface area contributed by atoms with E-state index in [1.54, 1.807) is 18.0 Å². The molecule has 0 fully saturated rings. The Morgan fingerprint density at radius 1 is 1.56 bits per heavy atom. The summed E-state index contributed by atoms with van der Waals surface area (Å²) < 4.78 is 10.4. The second-order valence-electron chi connectivity index (χ2n) is 1.61. The minimum atomic E-state index is -0.672. The average Bonchev–Trinajstić information content (AvgIpc) is 1.80. The average molecular weight is 168 g/mol. The third-order valence-electron chi connectivity index (χ3n) is 0.751. The molecule has 0 rings (SSSR count). The summed E-state index contributed by atoms with van der Waals surface area (Å²) in [6, 6.07) is 0. The minimum Gasteiger partial charge on any atom is -0.396 e. The molecule has 0 aromatic rings. The summed E-state index contributed by atoms with van der Waals surface area (Å²) in [7, 11) is -0.672. The molecule has 2 nitrogen and oxygen atoms in total. The van der Waals surface area contributed by atoms with Gasteiger partial charge in [0.15, 0.2) is 0 Å². The molecule has 0 saturated carbocycles. The van der Waals surface area contributed by atoms with Crippen LogP contribution < -0.4 is 0 Å². The molecule has 0 bridgehead atoms. The highest BCUT2D eigenvalue weighted by atomic mass is 32.2. The standard InChI is InChI=1S/C5H12O2S2/c1-9(7)5-4-8-3-2-6/h6H,2-5H2,1H3. The molecule has 0 saturated heterocycles. The van der Waals surface area contributed by atoms with Crippen molar-refractivity contribution in [3.8, 4) is 0 Å². The van der Waals surface area contributed by atoms with Crippen molar-refractivity contribution in [2.24, 2.45) is 0 Å². The van der Waals surface area contributed by atoms with Gasteiger partial charge in [0.1, 0.15) is 0 Å². The number of thioether (sulfide) groups is 1. The molecule has 56 valence electrons. The van der Waals surface area contributed by atoms with Gasteiger partial charge in [-0.05, 0) is 0 Å². The van der Waals surface area contributed by atoms with Crippen LogP contribution in [-0.2, 0) is 10.8 Å². The molecule has 4 heteroatoms. The molecule has 9 heavy (non-hydrogen) atoms. The summed E-state index contributed by atoms with van der Waals surface area (Å²) in [5, 5.41) is 8.33. The molecule has 0 aliphatic carbocycles. The monoisotopic (exact) mass is 168 g/mol. The Morgan fingerprint density at radius 3 is 2.67 bits per heavy atom. The molecule has 0 aromatic carbocycles. The molecule has 0 aliphatic heterocycles. The first-order chi connectivity index (χ1) is 4.27. The fourth-order valence-corrected chi connectivity index (χ4v) is 2.09. The van der Waals surface area contributed by atoms with Crippen molar-refractivity contribution in [1.82, 2.24) is 0 Å². The fraction of sp³-hybridized carbons (Fsp3) is 1.00. The van der Waals surface area contributed by atoms with Gasteiger partial charge in [-0.15, -0.1) is 0 Å². The van der Waals surface area contributed by atoms with E-state index in [9.17, 15) is 4.21 Å². The summed E-state index contributed by atoms with van der Waals surface area (Å²) >= 11 is 1.64. The SMILES string of the molecule is CS(=O)CCSCCO. The Bertz CT molecular complexity index is 85.0. The molecule has 1 unspecified atom stereocenters. The highest BCUT2D eigenvalue weighted by Gasteiger charge is 1.90. The first-order valence-electron chi connectivity index (χ1n) is 2.76. The van der Waals surface area contributed by atoms with Crippen LogP contribution in [0.2, 0.25) is 0 Å². The largest absolute Gasteiger partial charge is 0.396 e. The van der Waals surface area contributed by atoms with Gasteiger partial charge < -0.3 is 5.11 Å². The van der Waals surface area contributed by atoms with Crippen molar-refractivity contribution in [2.75, 3.05) is 30.1 Å². The van der Waals surface area contributed by atoms with Crippen molar-refractivity contribution in [3.63, 3.8) is 0 Å². The summed E-state index contributed by atoms with van der Waals surface area (Å²) in [6.45, 7) is 0.223. The number of rotatable bonds is 5. The predicted octanol–water partition coefficient (Wildman–Crippen LogP) is 0.0904. The quantitative estimate of drug-likeness (QED) is 0.591. The van der Waals surface area contributed by atoms with Crippen molar-refractivity contribution in [1.29, 1.82) is 0 Å². The lowest BCUT2D eigenvalue weighted by Gasteiger charge is -1.94. The molecule has 0 amide bonds. The lowest BCUT2D eigenvalue weighted by Crippen LogP contribution is -1.98. The topological polar surface area (TPSA) is 37.3 Å². The van der Waals surface area contributed by atoms with Crippen molar-refractivity contribution >= 4 is 22.6 Å². The first kappa shape index (κ1) is 9.46. The smallest absolute Gasteiger partial charge is 0.0521 e. The van der Waals surface area contributed by atoms with Crippen molar-refractivity contribution < 1.29 is 9.32 Å². The van der Waals surface area contributed by atoms with E-state index in [0.717, 1.165) is 17.3 Å². The van der Waals surface area contributed by atoms with Crippen LogP contribution in [0.3, 0.4) is 0 Å². The van der Waals surface area contributed by atoms with E-state index in [2.05, 4.69) is 0 Å². The second-order valence-corrected chi connectivity index (χ2v) is 4.39. The van der Waals surface area contributed by atoms with Crippen LogP contribution in [0.1, 0.15) is 0 Å². The number of aliphatic hydroxyl groups excluding tert-OH is 1. The minimum absolute atomic E-state index is 0.223. The molecule has 0 spiro atoms. The molecule has 0 radical (unpaired) electrons. The van der Waals surface area contributed by atoms with E-state index in [0.29, 0.717) is 0 Å². The maximum absolute atomic E-state index is 10.4. The predicted molar refractivity (Wildman–Crippen MR) is 43.3 cm³/mol. The van der Waals surface area contributed by atoms with E-state index in [4.69, 9.17) is 5.11 Å². The number of hydrogen-bond donors (Lipinski definition) is 1. The molecule has 1 atom stereocenters. The van der Waals surface area contributed by atoms with Gasteiger partial charge in [0, 0.05) is 34.3 Å². The maximum atomic E-state index is 10.4. The zero-order valence-corrected chi connectivity index (χ0v) is 7.13. The highest BCUT2D eigenvalue weighted by Crippen LogP contribution is 1.97. The van der Waals surface area contributed by atoms with Crippen LogP contribution in [0.5, 0.6) is 0 Å². The van der Waals surface area contributed by atoms with Gasteiger partial charge in [0.05, 0.1) is 6.61 Å². The van der Waals surface area contributed by atoms with Crippen molar-refractivity contribution in [2.45, 2.75) is 0 Å². The van der Waals surface area contributed by atoms with E-state index >= 15 is 0 Å². The second kappa shape index (κ2) is 6.58. The molecular formula is C5H12O2S2.